The molecule has 6 nitrogen and oxygen atoms in total. The molecule has 1 saturated heterocycles. The number of carbonyl (C=O) groups is 1. The van der Waals surface area contributed by atoms with Gasteiger partial charge in [-0.1, -0.05) is 23.4 Å². The van der Waals surface area contributed by atoms with Crippen LogP contribution in [0.25, 0.3) is 11.5 Å². The van der Waals surface area contributed by atoms with Crippen LogP contribution < -0.4 is 0 Å². The quantitative estimate of drug-likeness (QED) is 0.734. The van der Waals surface area contributed by atoms with Crippen molar-refractivity contribution < 1.29 is 13.7 Å². The Balaban J connectivity index is 1.49. The van der Waals surface area contributed by atoms with Crippen LogP contribution in [-0.4, -0.2) is 39.0 Å². The average molecular weight is 338 g/mol. The number of pyridine rings is 1. The number of rotatable bonds is 3. The number of hydrogen-bond donors (Lipinski definition) is 0. The molecule has 1 aromatic carbocycles. The van der Waals surface area contributed by atoms with E-state index in [2.05, 4.69) is 15.1 Å². The maximum atomic E-state index is 13.8. The van der Waals surface area contributed by atoms with Gasteiger partial charge in [0.1, 0.15) is 11.5 Å². The van der Waals surface area contributed by atoms with Crippen LogP contribution in [0.1, 0.15) is 28.6 Å². The summed E-state index contributed by atoms with van der Waals surface area (Å²) in [5.74, 6) is 0.0240. The molecule has 25 heavy (non-hydrogen) atoms. The Hall–Kier alpha value is -3.09. The first-order valence-electron chi connectivity index (χ1n) is 8.01. The number of aromatic nitrogens is 3. The third-order valence-electron chi connectivity index (χ3n) is 4.26. The van der Waals surface area contributed by atoms with Gasteiger partial charge >= 0.3 is 0 Å². The van der Waals surface area contributed by atoms with Gasteiger partial charge in [0.25, 0.3) is 5.91 Å². The summed E-state index contributed by atoms with van der Waals surface area (Å²) >= 11 is 0. The SMILES string of the molecule is O=C(c1ccccc1F)N1CC[C@H](c2nc(-c3ccccn3)no2)C1. The molecule has 1 amide bonds. The lowest BCUT2D eigenvalue weighted by Gasteiger charge is -2.16. The summed E-state index contributed by atoms with van der Waals surface area (Å²) in [7, 11) is 0. The summed E-state index contributed by atoms with van der Waals surface area (Å²) in [6.45, 7) is 0.955. The highest BCUT2D eigenvalue weighted by Crippen LogP contribution is 2.28. The lowest BCUT2D eigenvalue weighted by molar-refractivity contribution is 0.0785. The van der Waals surface area contributed by atoms with E-state index in [0.717, 1.165) is 0 Å². The van der Waals surface area contributed by atoms with Gasteiger partial charge in [0.05, 0.1) is 11.5 Å². The number of likely N-dealkylation sites (tertiary alicyclic amines) is 1. The van der Waals surface area contributed by atoms with Crippen molar-refractivity contribution in [3.05, 3.63) is 65.9 Å². The third kappa shape index (κ3) is 3.00. The summed E-state index contributed by atoms with van der Waals surface area (Å²) < 4.78 is 19.2. The van der Waals surface area contributed by atoms with E-state index in [9.17, 15) is 9.18 Å². The predicted octanol–water partition coefficient (Wildman–Crippen LogP) is 2.90. The van der Waals surface area contributed by atoms with E-state index in [4.69, 9.17) is 4.52 Å². The lowest BCUT2D eigenvalue weighted by atomic mass is 10.1. The summed E-state index contributed by atoms with van der Waals surface area (Å²) in [5.41, 5.74) is 0.720. The summed E-state index contributed by atoms with van der Waals surface area (Å²) in [6, 6.07) is 11.5. The van der Waals surface area contributed by atoms with E-state index >= 15 is 0 Å². The first-order valence-corrected chi connectivity index (χ1v) is 8.01. The first-order chi connectivity index (χ1) is 12.2. The Morgan fingerprint density at radius 2 is 2.04 bits per heavy atom. The predicted molar refractivity (Wildman–Crippen MR) is 87.2 cm³/mol. The minimum absolute atomic E-state index is 0.0549. The van der Waals surface area contributed by atoms with E-state index < -0.39 is 5.82 Å². The topological polar surface area (TPSA) is 72.1 Å². The van der Waals surface area contributed by atoms with Gasteiger partial charge in [-0.2, -0.15) is 4.98 Å². The van der Waals surface area contributed by atoms with Gasteiger partial charge in [0.15, 0.2) is 0 Å². The maximum Gasteiger partial charge on any atom is 0.256 e. The normalized spacial score (nSPS) is 17.0. The monoisotopic (exact) mass is 338 g/mol. The van der Waals surface area contributed by atoms with Crippen LogP contribution >= 0.6 is 0 Å². The summed E-state index contributed by atoms with van der Waals surface area (Å²) in [5, 5.41) is 3.96. The molecule has 0 aliphatic carbocycles. The van der Waals surface area contributed by atoms with Crippen molar-refractivity contribution in [2.45, 2.75) is 12.3 Å². The fraction of sp³-hybridized carbons (Fsp3) is 0.222. The molecule has 0 unspecified atom stereocenters. The maximum absolute atomic E-state index is 13.8. The van der Waals surface area contributed by atoms with Crippen molar-refractivity contribution in [3.8, 4) is 11.5 Å². The molecule has 7 heteroatoms. The largest absolute Gasteiger partial charge is 0.339 e. The van der Waals surface area contributed by atoms with Crippen LogP contribution in [0.2, 0.25) is 0 Å². The lowest BCUT2D eigenvalue weighted by Crippen LogP contribution is -2.29. The highest BCUT2D eigenvalue weighted by atomic mass is 19.1. The van der Waals surface area contributed by atoms with Gasteiger partial charge in [-0.15, -0.1) is 0 Å². The van der Waals surface area contributed by atoms with Crippen molar-refractivity contribution in [1.29, 1.82) is 0 Å². The van der Waals surface area contributed by atoms with Crippen LogP contribution in [0, 0.1) is 5.82 Å². The minimum atomic E-state index is -0.508. The van der Waals surface area contributed by atoms with Gasteiger partial charge in [0, 0.05) is 19.3 Å². The van der Waals surface area contributed by atoms with Crippen LogP contribution in [0.4, 0.5) is 4.39 Å². The Kier molecular flexibility index (Phi) is 3.97. The van der Waals surface area contributed by atoms with Crippen LogP contribution in [0.15, 0.2) is 53.2 Å². The molecule has 1 aliphatic heterocycles. The average Bonchev–Trinajstić information content (AvgIpc) is 3.32. The highest BCUT2D eigenvalue weighted by molar-refractivity contribution is 5.94. The van der Waals surface area contributed by atoms with E-state index in [-0.39, 0.29) is 17.4 Å². The molecule has 0 saturated carbocycles. The molecule has 0 radical (unpaired) electrons. The van der Waals surface area contributed by atoms with E-state index in [1.165, 1.54) is 12.1 Å². The van der Waals surface area contributed by atoms with Crippen LogP contribution in [0.5, 0.6) is 0 Å². The second-order valence-corrected chi connectivity index (χ2v) is 5.89. The smallest absolute Gasteiger partial charge is 0.256 e. The first kappa shape index (κ1) is 15.4. The summed E-state index contributed by atoms with van der Waals surface area (Å²) in [6.07, 6.45) is 2.36. The molecule has 0 spiro atoms. The Morgan fingerprint density at radius 1 is 1.20 bits per heavy atom. The van der Waals surface area contributed by atoms with Gasteiger partial charge in [-0.3, -0.25) is 9.78 Å². The Morgan fingerprint density at radius 3 is 2.84 bits per heavy atom. The third-order valence-corrected chi connectivity index (χ3v) is 4.26. The standard InChI is InChI=1S/C18H15FN4O2/c19-14-6-2-1-5-13(14)18(24)23-10-8-12(11-23)17-21-16(22-25-17)15-7-3-4-9-20-15/h1-7,9,12H,8,10-11H2/t12-/m0/s1. The van der Waals surface area contributed by atoms with E-state index in [0.29, 0.717) is 36.9 Å². The molecule has 126 valence electrons. The molecule has 0 N–H and O–H groups in total. The highest BCUT2D eigenvalue weighted by Gasteiger charge is 2.32. The zero-order valence-electron chi connectivity index (χ0n) is 13.3. The van der Waals surface area contributed by atoms with Gasteiger partial charge in [0.2, 0.25) is 11.7 Å². The van der Waals surface area contributed by atoms with Crippen molar-refractivity contribution in [2.75, 3.05) is 13.1 Å². The number of carbonyl (C=O) groups excluding carboxylic acids is 1. The molecule has 3 aromatic rings. The number of benzene rings is 1. The zero-order valence-corrected chi connectivity index (χ0v) is 13.3. The number of nitrogens with zero attached hydrogens (tertiary/aromatic N) is 4. The molecule has 2 aromatic heterocycles. The Bertz CT molecular complexity index is 897. The molecular weight excluding hydrogens is 323 g/mol. The second-order valence-electron chi connectivity index (χ2n) is 5.89. The summed E-state index contributed by atoms with van der Waals surface area (Å²) in [4.78, 5) is 22.7. The fourth-order valence-corrected chi connectivity index (χ4v) is 2.95. The number of halogens is 1. The van der Waals surface area contributed by atoms with Gasteiger partial charge < -0.3 is 9.42 Å². The van der Waals surface area contributed by atoms with Crippen molar-refractivity contribution in [2.24, 2.45) is 0 Å². The fourth-order valence-electron chi connectivity index (χ4n) is 2.95. The van der Waals surface area contributed by atoms with E-state index in [1.54, 1.807) is 29.3 Å². The molecule has 1 aliphatic rings. The molecule has 0 bridgehead atoms. The number of amides is 1. The van der Waals surface area contributed by atoms with Crippen molar-refractivity contribution in [1.82, 2.24) is 20.0 Å². The second kappa shape index (κ2) is 6.43. The Labute approximate surface area is 143 Å². The molecule has 1 fully saturated rings. The minimum Gasteiger partial charge on any atom is -0.339 e. The molecule has 1 atom stereocenters. The van der Waals surface area contributed by atoms with Gasteiger partial charge in [-0.25, -0.2) is 4.39 Å². The van der Waals surface area contributed by atoms with Gasteiger partial charge in [-0.05, 0) is 30.7 Å². The van der Waals surface area contributed by atoms with Crippen molar-refractivity contribution >= 4 is 5.91 Å². The molecule has 3 heterocycles. The van der Waals surface area contributed by atoms with Crippen molar-refractivity contribution in [3.63, 3.8) is 0 Å². The number of hydrogen-bond acceptors (Lipinski definition) is 5. The zero-order chi connectivity index (χ0) is 17.2. The van der Waals surface area contributed by atoms with E-state index in [1.807, 2.05) is 12.1 Å². The molecule has 4 rings (SSSR count). The van der Waals surface area contributed by atoms with Crippen LogP contribution in [-0.2, 0) is 0 Å². The van der Waals surface area contributed by atoms with Crippen LogP contribution in [0.3, 0.4) is 0 Å². The molecular formula is C18H15FN4O2.